The van der Waals surface area contributed by atoms with Crippen molar-refractivity contribution in [2.45, 2.75) is 77.2 Å². The Bertz CT molecular complexity index is 528. The number of hydrogen-bond donors (Lipinski definition) is 0. The van der Waals surface area contributed by atoms with Gasteiger partial charge in [-0.3, -0.25) is 4.68 Å². The predicted molar refractivity (Wildman–Crippen MR) is 92.8 cm³/mol. The van der Waals surface area contributed by atoms with E-state index in [-0.39, 0.29) is 18.3 Å². The Morgan fingerprint density at radius 2 is 1.91 bits per heavy atom. The lowest BCUT2D eigenvalue weighted by Gasteiger charge is -2.32. The van der Waals surface area contributed by atoms with Crippen LogP contribution in [0.25, 0.3) is 0 Å². The van der Waals surface area contributed by atoms with Gasteiger partial charge in [-0.05, 0) is 60.5 Å². The maximum absolute atomic E-state index is 6.09. The minimum Gasteiger partial charge on any atom is -0.399 e. The van der Waals surface area contributed by atoms with Crippen LogP contribution in [0.1, 0.15) is 53.4 Å². The molecule has 1 atom stereocenters. The molecule has 2 aliphatic rings. The summed E-state index contributed by atoms with van der Waals surface area (Å²) < 4.78 is 14.2. The van der Waals surface area contributed by atoms with Gasteiger partial charge >= 0.3 is 7.12 Å². The second-order valence-corrected chi connectivity index (χ2v) is 8.04. The Balaban J connectivity index is 1.58. The van der Waals surface area contributed by atoms with Crippen LogP contribution in [-0.2, 0) is 15.9 Å². The Morgan fingerprint density at radius 1 is 1.22 bits per heavy atom. The van der Waals surface area contributed by atoms with Gasteiger partial charge in [0.15, 0.2) is 0 Å². The highest BCUT2D eigenvalue weighted by Gasteiger charge is 2.52. The van der Waals surface area contributed by atoms with Gasteiger partial charge in [-0.15, -0.1) is 0 Å². The van der Waals surface area contributed by atoms with Crippen molar-refractivity contribution >= 4 is 12.6 Å². The first-order chi connectivity index (χ1) is 10.8. The fourth-order valence-corrected chi connectivity index (χ4v) is 3.39. The van der Waals surface area contributed by atoms with Crippen LogP contribution in [0.4, 0.5) is 0 Å². The molecule has 0 aromatic carbocycles. The van der Waals surface area contributed by atoms with Gasteiger partial charge in [0.05, 0.1) is 11.2 Å². The highest BCUT2D eigenvalue weighted by molar-refractivity contribution is 6.61. The largest absolute Gasteiger partial charge is 0.498 e. The number of piperidine rings is 1. The summed E-state index contributed by atoms with van der Waals surface area (Å²) in [6, 6.07) is 0.688. The fourth-order valence-electron chi connectivity index (χ4n) is 3.39. The summed E-state index contributed by atoms with van der Waals surface area (Å²) in [5.74, 6) is 0. The second kappa shape index (κ2) is 6.23. The van der Waals surface area contributed by atoms with E-state index in [0.717, 1.165) is 18.4 Å². The number of hydrogen-bond acceptors (Lipinski definition) is 4. The molecule has 23 heavy (non-hydrogen) atoms. The molecule has 0 radical (unpaired) electrons. The molecule has 0 bridgehead atoms. The van der Waals surface area contributed by atoms with Crippen molar-refractivity contribution < 1.29 is 9.31 Å². The van der Waals surface area contributed by atoms with Gasteiger partial charge in [-0.2, -0.15) is 5.10 Å². The molecule has 0 spiro atoms. The van der Waals surface area contributed by atoms with Gasteiger partial charge in [-0.1, -0.05) is 6.42 Å². The third kappa shape index (κ3) is 3.49. The van der Waals surface area contributed by atoms with Crippen molar-refractivity contribution in [1.29, 1.82) is 0 Å². The van der Waals surface area contributed by atoms with E-state index < -0.39 is 0 Å². The van der Waals surface area contributed by atoms with Crippen LogP contribution in [0.3, 0.4) is 0 Å². The summed E-state index contributed by atoms with van der Waals surface area (Å²) in [5, 5.41) is 4.50. The van der Waals surface area contributed by atoms with Crippen LogP contribution < -0.4 is 5.46 Å². The lowest BCUT2D eigenvalue weighted by Crippen LogP contribution is -2.41. The highest BCUT2D eigenvalue weighted by Crippen LogP contribution is 2.36. The molecule has 2 fully saturated rings. The first kappa shape index (κ1) is 17.0. The first-order valence-corrected chi connectivity index (χ1v) is 8.87. The topological polar surface area (TPSA) is 39.5 Å². The zero-order valence-electron chi connectivity index (χ0n) is 15.2. The third-order valence-electron chi connectivity index (χ3n) is 5.79. The van der Waals surface area contributed by atoms with E-state index in [2.05, 4.69) is 50.9 Å². The molecule has 0 amide bonds. The smallest absolute Gasteiger partial charge is 0.399 e. The number of aromatic nitrogens is 2. The van der Waals surface area contributed by atoms with Gasteiger partial charge in [-0.25, -0.2) is 0 Å². The first-order valence-electron chi connectivity index (χ1n) is 8.87. The molecule has 2 saturated heterocycles. The molecule has 128 valence electrons. The summed E-state index contributed by atoms with van der Waals surface area (Å²) >= 11 is 0. The third-order valence-corrected chi connectivity index (χ3v) is 5.79. The van der Waals surface area contributed by atoms with Crippen LogP contribution in [0.2, 0.25) is 0 Å². The number of likely N-dealkylation sites (tertiary alicyclic amines) is 1. The Hall–Kier alpha value is -0.845. The van der Waals surface area contributed by atoms with Gasteiger partial charge in [0, 0.05) is 30.4 Å². The lowest BCUT2D eigenvalue weighted by atomic mass is 9.82. The minimum atomic E-state index is -0.314. The van der Waals surface area contributed by atoms with Gasteiger partial charge in [0.2, 0.25) is 0 Å². The quantitative estimate of drug-likeness (QED) is 0.797. The molecule has 5 nitrogen and oxygen atoms in total. The SMILES string of the molecule is CN1CCCC[C@H]1CCn1cc(B2OC(C)(C)C(C)(C)O2)cn1. The molecular weight excluding hydrogens is 289 g/mol. The molecule has 1 aromatic heterocycles. The lowest BCUT2D eigenvalue weighted by molar-refractivity contribution is 0.00578. The normalized spacial score (nSPS) is 27.5. The van der Waals surface area contributed by atoms with Crippen LogP contribution >= 0.6 is 0 Å². The number of rotatable bonds is 4. The van der Waals surface area contributed by atoms with Crippen LogP contribution in [0.5, 0.6) is 0 Å². The van der Waals surface area contributed by atoms with Gasteiger partial charge < -0.3 is 14.2 Å². The molecule has 0 unspecified atom stereocenters. The van der Waals surface area contributed by atoms with E-state index in [9.17, 15) is 0 Å². The van der Waals surface area contributed by atoms with Crippen LogP contribution in [0, 0.1) is 0 Å². The number of nitrogens with zero attached hydrogens (tertiary/aromatic N) is 3. The Labute approximate surface area is 140 Å². The molecule has 3 heterocycles. The molecule has 0 N–H and O–H groups in total. The van der Waals surface area contributed by atoms with Crippen LogP contribution in [0.15, 0.2) is 12.4 Å². The van der Waals surface area contributed by atoms with E-state index >= 15 is 0 Å². The van der Waals surface area contributed by atoms with E-state index in [4.69, 9.17) is 9.31 Å². The monoisotopic (exact) mass is 319 g/mol. The van der Waals surface area contributed by atoms with Crippen molar-refractivity contribution in [2.24, 2.45) is 0 Å². The Morgan fingerprint density at radius 3 is 2.57 bits per heavy atom. The molecule has 6 heteroatoms. The second-order valence-electron chi connectivity index (χ2n) is 8.04. The maximum Gasteiger partial charge on any atom is 0.498 e. The summed E-state index contributed by atoms with van der Waals surface area (Å²) in [7, 11) is 1.93. The van der Waals surface area contributed by atoms with E-state index in [1.54, 1.807) is 0 Å². The van der Waals surface area contributed by atoms with E-state index in [1.165, 1.54) is 25.8 Å². The minimum absolute atomic E-state index is 0.301. The number of aryl methyl sites for hydroxylation is 1. The Kier molecular flexibility index (Phi) is 4.60. The average Bonchev–Trinajstić information content (AvgIpc) is 3.01. The molecule has 0 saturated carbocycles. The maximum atomic E-state index is 6.09. The van der Waals surface area contributed by atoms with E-state index in [0.29, 0.717) is 6.04 Å². The highest BCUT2D eigenvalue weighted by atomic mass is 16.7. The van der Waals surface area contributed by atoms with E-state index in [1.807, 2.05) is 10.9 Å². The van der Waals surface area contributed by atoms with Crippen molar-refractivity contribution in [1.82, 2.24) is 14.7 Å². The van der Waals surface area contributed by atoms with Gasteiger partial charge in [0.1, 0.15) is 0 Å². The standard InChI is InChI=1S/C17H30BN3O2/c1-16(2)17(3,4)23-18(22-16)14-12-19-21(13-14)11-9-15-8-6-7-10-20(15)5/h12-13,15H,6-11H2,1-5H3/t15-/m0/s1. The van der Waals surface area contributed by atoms with Crippen molar-refractivity contribution in [3.05, 3.63) is 12.4 Å². The zero-order chi connectivity index (χ0) is 16.7. The van der Waals surface area contributed by atoms with Crippen molar-refractivity contribution in [3.63, 3.8) is 0 Å². The van der Waals surface area contributed by atoms with Gasteiger partial charge in [0.25, 0.3) is 0 Å². The predicted octanol–water partition coefficient (Wildman–Crippen LogP) is 2.06. The molecule has 2 aliphatic heterocycles. The fraction of sp³-hybridized carbons (Fsp3) is 0.824. The summed E-state index contributed by atoms with van der Waals surface area (Å²) in [6.07, 6.45) is 9.11. The van der Waals surface area contributed by atoms with Crippen molar-refractivity contribution in [3.8, 4) is 0 Å². The van der Waals surface area contributed by atoms with Crippen LogP contribution in [-0.4, -0.2) is 52.6 Å². The molecular formula is C17H30BN3O2. The summed E-state index contributed by atoms with van der Waals surface area (Å²) in [4.78, 5) is 2.49. The summed E-state index contributed by atoms with van der Waals surface area (Å²) in [6.45, 7) is 10.5. The summed E-state index contributed by atoms with van der Waals surface area (Å²) in [5.41, 5.74) is 0.412. The zero-order valence-corrected chi connectivity index (χ0v) is 15.2. The van der Waals surface area contributed by atoms with Crippen molar-refractivity contribution in [2.75, 3.05) is 13.6 Å². The molecule has 1 aromatic rings. The molecule has 3 rings (SSSR count). The average molecular weight is 319 g/mol. The molecule has 0 aliphatic carbocycles.